The number of nitrogens with one attached hydrogen (secondary N) is 1. The van der Waals surface area contributed by atoms with Crippen molar-refractivity contribution in [2.45, 2.75) is 25.7 Å². The highest BCUT2D eigenvalue weighted by Crippen LogP contribution is 2.46. The number of carbonyl (C=O) groups is 1. The molecule has 1 aliphatic rings. The summed E-state index contributed by atoms with van der Waals surface area (Å²) in [6.07, 6.45) is 1.47. The number of hydrogen-bond donors (Lipinski definition) is 1. The Balaban J connectivity index is 1.68. The molecule has 4 rings (SSSR count). The highest BCUT2D eigenvalue weighted by molar-refractivity contribution is 7.11. The largest absolute Gasteiger partial charge is 0.494 e. The van der Waals surface area contributed by atoms with Gasteiger partial charge in [-0.25, -0.2) is 0 Å². The molecule has 1 aliphatic heterocycles. The molecule has 1 amide bonds. The number of benzene rings is 2. The van der Waals surface area contributed by atoms with Gasteiger partial charge in [0.05, 0.1) is 12.3 Å². The van der Waals surface area contributed by atoms with Gasteiger partial charge in [-0.15, -0.1) is 11.3 Å². The summed E-state index contributed by atoms with van der Waals surface area (Å²) in [6, 6.07) is 18.4. The van der Waals surface area contributed by atoms with Crippen LogP contribution >= 0.6 is 11.3 Å². The third kappa shape index (κ3) is 3.25. The van der Waals surface area contributed by atoms with E-state index in [2.05, 4.69) is 41.9 Å². The van der Waals surface area contributed by atoms with E-state index in [1.54, 1.807) is 11.3 Å². The Labute approximate surface area is 157 Å². The predicted molar refractivity (Wildman–Crippen MR) is 107 cm³/mol. The third-order valence-corrected chi connectivity index (χ3v) is 5.73. The Morgan fingerprint density at radius 2 is 1.88 bits per heavy atom. The molecule has 2 aromatic carbocycles. The maximum Gasteiger partial charge on any atom is 0.225 e. The van der Waals surface area contributed by atoms with Crippen LogP contribution in [0, 0.1) is 0 Å². The van der Waals surface area contributed by atoms with E-state index in [0.29, 0.717) is 6.42 Å². The second kappa shape index (κ2) is 7.34. The summed E-state index contributed by atoms with van der Waals surface area (Å²) < 4.78 is 5.67. The second-order valence-electron chi connectivity index (χ2n) is 6.48. The summed E-state index contributed by atoms with van der Waals surface area (Å²) in [5, 5.41) is 5.24. The predicted octanol–water partition coefficient (Wildman–Crippen LogP) is 5.68. The minimum absolute atomic E-state index is 0.0735. The van der Waals surface area contributed by atoms with E-state index in [-0.39, 0.29) is 11.8 Å². The molecule has 0 aliphatic carbocycles. The highest BCUT2D eigenvalue weighted by atomic mass is 32.1. The fourth-order valence-corrected chi connectivity index (χ4v) is 4.50. The van der Waals surface area contributed by atoms with Crippen molar-refractivity contribution in [3.8, 4) is 16.9 Å². The molecule has 1 aromatic heterocycles. The van der Waals surface area contributed by atoms with Gasteiger partial charge in [0.1, 0.15) is 5.75 Å². The molecular weight excluding hydrogens is 342 g/mol. The number of carbonyl (C=O) groups excluding carboxylic acids is 1. The summed E-state index contributed by atoms with van der Waals surface area (Å²) >= 11 is 1.72. The van der Waals surface area contributed by atoms with Gasteiger partial charge in [0.25, 0.3) is 0 Å². The average Bonchev–Trinajstić information content (AvgIpc) is 3.10. The van der Waals surface area contributed by atoms with Crippen LogP contribution in [0.2, 0.25) is 0 Å². The Morgan fingerprint density at radius 1 is 1.12 bits per heavy atom. The lowest BCUT2D eigenvalue weighted by atomic mass is 9.89. The number of thiophene rings is 1. The SMILES string of the molecule is CCCOc1ccc([C@H]2CC(=O)Nc3c(-c4ccccc4)csc32)cc1. The Kier molecular flexibility index (Phi) is 4.76. The van der Waals surface area contributed by atoms with Crippen molar-refractivity contribution in [2.24, 2.45) is 0 Å². The van der Waals surface area contributed by atoms with Crippen molar-refractivity contribution in [2.75, 3.05) is 11.9 Å². The molecule has 0 saturated carbocycles. The second-order valence-corrected chi connectivity index (χ2v) is 7.39. The molecule has 4 heteroatoms. The molecule has 2 heterocycles. The van der Waals surface area contributed by atoms with Gasteiger partial charge >= 0.3 is 0 Å². The summed E-state index contributed by atoms with van der Waals surface area (Å²) in [7, 11) is 0. The van der Waals surface area contributed by atoms with E-state index >= 15 is 0 Å². The van der Waals surface area contributed by atoms with Crippen LogP contribution in [-0.2, 0) is 4.79 Å². The van der Waals surface area contributed by atoms with Crippen LogP contribution in [0.4, 0.5) is 5.69 Å². The van der Waals surface area contributed by atoms with Gasteiger partial charge < -0.3 is 10.1 Å². The van der Waals surface area contributed by atoms with Gasteiger partial charge in [-0.05, 0) is 29.7 Å². The standard InChI is InChI=1S/C22H21NO2S/c1-2-12-25-17-10-8-16(9-11-17)18-13-20(24)23-21-19(14-26-22(18)21)15-6-4-3-5-7-15/h3-11,14,18H,2,12-13H2,1H3,(H,23,24)/t18-/m1/s1. The normalized spacial score (nSPS) is 16.0. The molecule has 132 valence electrons. The minimum Gasteiger partial charge on any atom is -0.494 e. The van der Waals surface area contributed by atoms with Crippen LogP contribution in [0.1, 0.15) is 36.1 Å². The first-order valence-electron chi connectivity index (χ1n) is 8.95. The first kappa shape index (κ1) is 16.9. The van der Waals surface area contributed by atoms with E-state index < -0.39 is 0 Å². The summed E-state index contributed by atoms with van der Waals surface area (Å²) in [5.74, 6) is 1.05. The quantitative estimate of drug-likeness (QED) is 0.633. The lowest BCUT2D eigenvalue weighted by Gasteiger charge is -2.24. The third-order valence-electron chi connectivity index (χ3n) is 4.63. The fourth-order valence-electron chi connectivity index (χ4n) is 3.34. The first-order valence-corrected chi connectivity index (χ1v) is 9.83. The van der Waals surface area contributed by atoms with Gasteiger partial charge in [0, 0.05) is 28.2 Å². The first-order chi connectivity index (χ1) is 12.8. The lowest BCUT2D eigenvalue weighted by Crippen LogP contribution is -2.22. The zero-order chi connectivity index (χ0) is 17.9. The molecule has 26 heavy (non-hydrogen) atoms. The molecule has 0 radical (unpaired) electrons. The zero-order valence-corrected chi connectivity index (χ0v) is 15.5. The summed E-state index contributed by atoms with van der Waals surface area (Å²) in [5.41, 5.74) is 4.36. The number of rotatable bonds is 5. The number of ether oxygens (including phenoxy) is 1. The zero-order valence-electron chi connectivity index (χ0n) is 14.7. The van der Waals surface area contributed by atoms with Crippen LogP contribution in [-0.4, -0.2) is 12.5 Å². The molecular formula is C22H21NO2S. The molecule has 0 fully saturated rings. The van der Waals surface area contributed by atoms with E-state index in [1.165, 1.54) is 4.88 Å². The molecule has 0 spiro atoms. The van der Waals surface area contributed by atoms with Crippen molar-refractivity contribution in [1.82, 2.24) is 0 Å². The molecule has 0 saturated heterocycles. The monoisotopic (exact) mass is 363 g/mol. The number of hydrogen-bond acceptors (Lipinski definition) is 3. The van der Waals surface area contributed by atoms with Gasteiger partial charge in [-0.2, -0.15) is 0 Å². The van der Waals surface area contributed by atoms with E-state index in [4.69, 9.17) is 4.74 Å². The molecule has 0 unspecified atom stereocenters. The van der Waals surface area contributed by atoms with Gasteiger partial charge in [0.15, 0.2) is 0 Å². The van der Waals surface area contributed by atoms with Crippen molar-refractivity contribution >= 4 is 22.9 Å². The van der Waals surface area contributed by atoms with E-state index in [1.807, 2.05) is 30.3 Å². The Hall–Kier alpha value is -2.59. The number of anilines is 1. The smallest absolute Gasteiger partial charge is 0.225 e. The van der Waals surface area contributed by atoms with Crippen molar-refractivity contribution in [1.29, 1.82) is 0 Å². The minimum atomic E-state index is 0.0735. The molecule has 1 N–H and O–H groups in total. The maximum absolute atomic E-state index is 12.4. The van der Waals surface area contributed by atoms with Crippen molar-refractivity contribution < 1.29 is 9.53 Å². The number of fused-ring (bicyclic) bond motifs is 1. The van der Waals surface area contributed by atoms with Gasteiger partial charge in [-0.1, -0.05) is 49.4 Å². The van der Waals surface area contributed by atoms with Crippen LogP contribution in [0.25, 0.3) is 11.1 Å². The van der Waals surface area contributed by atoms with E-state index in [9.17, 15) is 4.79 Å². The Bertz CT molecular complexity index is 900. The summed E-state index contributed by atoms with van der Waals surface area (Å²) in [4.78, 5) is 13.6. The van der Waals surface area contributed by atoms with Crippen LogP contribution in [0.3, 0.4) is 0 Å². The van der Waals surface area contributed by atoms with Gasteiger partial charge in [-0.3, -0.25) is 4.79 Å². The maximum atomic E-state index is 12.4. The molecule has 3 aromatic rings. The van der Waals surface area contributed by atoms with Gasteiger partial charge in [0.2, 0.25) is 5.91 Å². The van der Waals surface area contributed by atoms with Crippen LogP contribution in [0.15, 0.2) is 60.0 Å². The Morgan fingerprint density at radius 3 is 2.62 bits per heavy atom. The average molecular weight is 363 g/mol. The highest BCUT2D eigenvalue weighted by Gasteiger charge is 2.30. The lowest BCUT2D eigenvalue weighted by molar-refractivity contribution is -0.116. The fraction of sp³-hybridized carbons (Fsp3) is 0.227. The van der Waals surface area contributed by atoms with Crippen LogP contribution in [0.5, 0.6) is 5.75 Å². The molecule has 3 nitrogen and oxygen atoms in total. The van der Waals surface area contributed by atoms with Crippen molar-refractivity contribution in [3.05, 3.63) is 70.4 Å². The van der Waals surface area contributed by atoms with Crippen molar-refractivity contribution in [3.63, 3.8) is 0 Å². The topological polar surface area (TPSA) is 38.3 Å². The molecule has 0 bridgehead atoms. The summed E-state index contributed by atoms with van der Waals surface area (Å²) in [6.45, 7) is 2.82. The van der Waals surface area contributed by atoms with E-state index in [0.717, 1.165) is 41.2 Å². The van der Waals surface area contributed by atoms with Crippen LogP contribution < -0.4 is 10.1 Å². The number of amides is 1. The molecule has 1 atom stereocenters.